The molecule has 1 aromatic heterocycles. The molecule has 5 heteroatoms. The Labute approximate surface area is 142 Å². The Morgan fingerprint density at radius 3 is 2.71 bits per heavy atom. The minimum absolute atomic E-state index is 0.0517. The van der Waals surface area contributed by atoms with Crippen molar-refractivity contribution in [3.05, 3.63) is 66.7 Å². The van der Waals surface area contributed by atoms with E-state index >= 15 is 0 Å². The lowest BCUT2D eigenvalue weighted by Crippen LogP contribution is -2.20. The maximum atomic E-state index is 12.1. The standard InChI is InChI=1S/C19H14N2O2S/c22-18(21-19-20-15-9-3-4-11-17(15)24-19)12-23-16-10-5-7-13-6-1-2-8-14(13)16/h1-11H,12H2,(H,20,21,22). The summed E-state index contributed by atoms with van der Waals surface area (Å²) in [6.45, 7) is -0.0517. The van der Waals surface area contributed by atoms with Gasteiger partial charge in [0.1, 0.15) is 5.75 Å². The van der Waals surface area contributed by atoms with Crippen molar-refractivity contribution in [2.45, 2.75) is 0 Å². The molecule has 0 spiro atoms. The zero-order chi connectivity index (χ0) is 16.4. The number of nitrogens with zero attached hydrogens (tertiary/aromatic N) is 1. The molecule has 3 aromatic carbocycles. The van der Waals surface area contributed by atoms with E-state index in [4.69, 9.17) is 4.74 Å². The Bertz CT molecular complexity index is 988. The number of benzene rings is 3. The Morgan fingerprint density at radius 1 is 1.00 bits per heavy atom. The molecule has 0 fully saturated rings. The summed E-state index contributed by atoms with van der Waals surface area (Å²) in [6.07, 6.45) is 0. The monoisotopic (exact) mass is 334 g/mol. The van der Waals surface area contributed by atoms with E-state index in [0.717, 1.165) is 21.0 Å². The average molecular weight is 334 g/mol. The van der Waals surface area contributed by atoms with E-state index in [-0.39, 0.29) is 12.5 Å². The molecule has 0 bridgehead atoms. The third-order valence-electron chi connectivity index (χ3n) is 3.65. The van der Waals surface area contributed by atoms with Crippen LogP contribution >= 0.6 is 11.3 Å². The summed E-state index contributed by atoms with van der Waals surface area (Å²) >= 11 is 1.45. The van der Waals surface area contributed by atoms with Crippen molar-refractivity contribution in [2.75, 3.05) is 11.9 Å². The predicted octanol–water partition coefficient (Wildman–Crippen LogP) is 4.47. The molecule has 0 atom stereocenters. The van der Waals surface area contributed by atoms with Gasteiger partial charge in [0, 0.05) is 5.39 Å². The number of rotatable bonds is 4. The van der Waals surface area contributed by atoms with Crippen LogP contribution in [0.4, 0.5) is 5.13 Å². The van der Waals surface area contributed by atoms with E-state index < -0.39 is 0 Å². The fourth-order valence-electron chi connectivity index (χ4n) is 2.55. The van der Waals surface area contributed by atoms with Crippen molar-refractivity contribution in [1.29, 1.82) is 0 Å². The minimum atomic E-state index is -0.220. The molecular formula is C19H14N2O2S. The van der Waals surface area contributed by atoms with Crippen LogP contribution in [0.15, 0.2) is 66.7 Å². The number of carbonyl (C=O) groups excluding carboxylic acids is 1. The maximum Gasteiger partial charge on any atom is 0.264 e. The van der Waals surface area contributed by atoms with E-state index in [1.54, 1.807) is 0 Å². The van der Waals surface area contributed by atoms with Crippen LogP contribution in [0.3, 0.4) is 0 Å². The van der Waals surface area contributed by atoms with E-state index in [9.17, 15) is 4.79 Å². The number of aromatic nitrogens is 1. The highest BCUT2D eigenvalue weighted by molar-refractivity contribution is 7.22. The van der Waals surface area contributed by atoms with Gasteiger partial charge in [0.15, 0.2) is 11.7 Å². The Kier molecular flexibility index (Phi) is 3.84. The number of amides is 1. The van der Waals surface area contributed by atoms with Crippen LogP contribution < -0.4 is 10.1 Å². The number of ether oxygens (including phenoxy) is 1. The highest BCUT2D eigenvalue weighted by atomic mass is 32.1. The number of hydrogen-bond donors (Lipinski definition) is 1. The second-order valence-electron chi connectivity index (χ2n) is 5.30. The van der Waals surface area contributed by atoms with E-state index in [1.165, 1.54) is 11.3 Å². The van der Waals surface area contributed by atoms with Crippen LogP contribution in [-0.4, -0.2) is 17.5 Å². The second kappa shape index (κ2) is 6.29. The molecule has 4 aromatic rings. The smallest absolute Gasteiger partial charge is 0.264 e. The van der Waals surface area contributed by atoms with Gasteiger partial charge in [0.2, 0.25) is 0 Å². The van der Waals surface area contributed by atoms with Crippen molar-refractivity contribution in [1.82, 2.24) is 4.98 Å². The van der Waals surface area contributed by atoms with Gasteiger partial charge >= 0.3 is 0 Å². The highest BCUT2D eigenvalue weighted by Crippen LogP contribution is 2.26. The van der Waals surface area contributed by atoms with E-state index in [0.29, 0.717) is 10.9 Å². The Morgan fingerprint density at radius 2 is 1.79 bits per heavy atom. The van der Waals surface area contributed by atoms with Gasteiger partial charge in [-0.2, -0.15) is 0 Å². The summed E-state index contributed by atoms with van der Waals surface area (Å²) in [7, 11) is 0. The molecule has 4 rings (SSSR count). The minimum Gasteiger partial charge on any atom is -0.483 e. The lowest BCUT2D eigenvalue weighted by atomic mass is 10.1. The van der Waals surface area contributed by atoms with Crippen LogP contribution in [-0.2, 0) is 4.79 Å². The van der Waals surface area contributed by atoms with Crippen molar-refractivity contribution in [2.24, 2.45) is 0 Å². The lowest BCUT2D eigenvalue weighted by molar-refractivity contribution is -0.118. The first-order valence-corrected chi connectivity index (χ1v) is 8.37. The van der Waals surface area contributed by atoms with Crippen LogP contribution in [0.25, 0.3) is 21.0 Å². The first-order valence-electron chi connectivity index (χ1n) is 7.55. The first kappa shape index (κ1) is 14.7. The summed E-state index contributed by atoms with van der Waals surface area (Å²) in [6, 6.07) is 21.5. The van der Waals surface area contributed by atoms with Gasteiger partial charge in [-0.05, 0) is 23.6 Å². The van der Waals surface area contributed by atoms with Gasteiger partial charge in [0.05, 0.1) is 10.2 Å². The predicted molar refractivity (Wildman–Crippen MR) is 97.7 cm³/mol. The van der Waals surface area contributed by atoms with Crippen LogP contribution in [0.5, 0.6) is 5.75 Å². The largest absolute Gasteiger partial charge is 0.483 e. The van der Waals surface area contributed by atoms with E-state index in [1.807, 2.05) is 66.7 Å². The summed E-state index contributed by atoms with van der Waals surface area (Å²) in [5.74, 6) is 0.481. The molecule has 1 heterocycles. The molecule has 24 heavy (non-hydrogen) atoms. The molecule has 4 nitrogen and oxygen atoms in total. The Hall–Kier alpha value is -2.92. The third-order valence-corrected chi connectivity index (χ3v) is 4.60. The topological polar surface area (TPSA) is 51.2 Å². The van der Waals surface area contributed by atoms with Crippen molar-refractivity contribution in [3.63, 3.8) is 0 Å². The number of hydrogen-bond acceptors (Lipinski definition) is 4. The van der Waals surface area contributed by atoms with Crippen LogP contribution in [0, 0.1) is 0 Å². The second-order valence-corrected chi connectivity index (χ2v) is 6.33. The molecule has 0 unspecified atom stereocenters. The van der Waals surface area contributed by atoms with Crippen molar-refractivity contribution < 1.29 is 9.53 Å². The molecule has 0 aliphatic rings. The summed E-state index contributed by atoms with van der Waals surface area (Å²) in [4.78, 5) is 16.5. The fourth-order valence-corrected chi connectivity index (χ4v) is 3.43. The molecule has 1 amide bonds. The molecule has 0 saturated carbocycles. The zero-order valence-electron chi connectivity index (χ0n) is 12.7. The quantitative estimate of drug-likeness (QED) is 0.599. The number of carbonyl (C=O) groups is 1. The number of nitrogens with one attached hydrogen (secondary N) is 1. The number of thiazole rings is 1. The van der Waals surface area contributed by atoms with Gasteiger partial charge in [0.25, 0.3) is 5.91 Å². The number of para-hydroxylation sites is 1. The fraction of sp³-hybridized carbons (Fsp3) is 0.0526. The molecule has 1 N–H and O–H groups in total. The number of anilines is 1. The zero-order valence-corrected chi connectivity index (χ0v) is 13.5. The molecule has 0 aliphatic heterocycles. The van der Waals surface area contributed by atoms with Gasteiger partial charge in [-0.3, -0.25) is 10.1 Å². The third kappa shape index (κ3) is 2.94. The molecule has 0 aliphatic carbocycles. The molecule has 0 saturated heterocycles. The lowest BCUT2D eigenvalue weighted by Gasteiger charge is -2.08. The van der Waals surface area contributed by atoms with Gasteiger partial charge in [-0.1, -0.05) is 59.9 Å². The molecule has 0 radical (unpaired) electrons. The maximum absolute atomic E-state index is 12.1. The number of fused-ring (bicyclic) bond motifs is 2. The van der Waals surface area contributed by atoms with E-state index in [2.05, 4.69) is 10.3 Å². The van der Waals surface area contributed by atoms with Gasteiger partial charge in [-0.15, -0.1) is 0 Å². The van der Waals surface area contributed by atoms with Gasteiger partial charge in [-0.25, -0.2) is 4.98 Å². The van der Waals surface area contributed by atoms with Gasteiger partial charge < -0.3 is 4.74 Å². The summed E-state index contributed by atoms with van der Waals surface area (Å²) < 4.78 is 6.74. The highest BCUT2D eigenvalue weighted by Gasteiger charge is 2.09. The SMILES string of the molecule is O=C(COc1cccc2ccccc12)Nc1nc2ccccc2s1. The Balaban J connectivity index is 1.46. The van der Waals surface area contributed by atoms with Crippen LogP contribution in [0.2, 0.25) is 0 Å². The molecule has 118 valence electrons. The normalized spacial score (nSPS) is 10.8. The van der Waals surface area contributed by atoms with Crippen molar-refractivity contribution >= 4 is 43.4 Å². The molecular weight excluding hydrogens is 320 g/mol. The average Bonchev–Trinajstić information content (AvgIpc) is 3.02. The van der Waals surface area contributed by atoms with Crippen molar-refractivity contribution in [3.8, 4) is 5.75 Å². The summed E-state index contributed by atoms with van der Waals surface area (Å²) in [5.41, 5.74) is 0.882. The first-order chi connectivity index (χ1) is 11.8. The summed E-state index contributed by atoms with van der Waals surface area (Å²) in [5, 5.41) is 5.46. The van der Waals surface area contributed by atoms with Crippen LogP contribution in [0.1, 0.15) is 0 Å².